The Balaban J connectivity index is 2.29. The molecule has 3 N–H and O–H groups in total. The lowest BCUT2D eigenvalue weighted by molar-refractivity contribution is -0.116. The van der Waals surface area contributed by atoms with Crippen LogP contribution in [0.5, 0.6) is 0 Å². The molecule has 0 aliphatic rings. The Morgan fingerprint density at radius 3 is 2.88 bits per heavy atom. The van der Waals surface area contributed by atoms with E-state index in [1.807, 2.05) is 13.0 Å². The van der Waals surface area contributed by atoms with Crippen molar-refractivity contribution in [2.24, 2.45) is 5.73 Å². The van der Waals surface area contributed by atoms with E-state index >= 15 is 0 Å². The highest BCUT2D eigenvalue weighted by molar-refractivity contribution is 5.90. The van der Waals surface area contributed by atoms with Gasteiger partial charge in [0, 0.05) is 12.6 Å². The molecule has 1 rings (SSSR count). The fourth-order valence-corrected chi connectivity index (χ4v) is 1.45. The first-order chi connectivity index (χ1) is 7.72. The lowest BCUT2D eigenvalue weighted by atomic mass is 10.2. The standard InChI is InChI=1S/C12H19N3O/c1-10-7-11(9-14-8-10)15-12(16)5-3-2-4-6-13/h7-9H,2-6,13H2,1H3,(H,15,16). The number of unbranched alkanes of at least 4 members (excludes halogenated alkanes) is 2. The predicted molar refractivity (Wildman–Crippen MR) is 65.1 cm³/mol. The summed E-state index contributed by atoms with van der Waals surface area (Å²) in [7, 11) is 0. The number of nitrogens with two attached hydrogens (primary N) is 1. The number of nitrogens with zero attached hydrogens (tertiary/aromatic N) is 1. The second-order valence-electron chi connectivity index (χ2n) is 3.90. The minimum Gasteiger partial charge on any atom is -0.330 e. The highest BCUT2D eigenvalue weighted by atomic mass is 16.1. The minimum atomic E-state index is 0.0458. The van der Waals surface area contributed by atoms with Gasteiger partial charge in [0.1, 0.15) is 0 Å². The van der Waals surface area contributed by atoms with Crippen LogP contribution in [-0.2, 0) is 4.79 Å². The Labute approximate surface area is 96.3 Å². The summed E-state index contributed by atoms with van der Waals surface area (Å²) in [5.74, 6) is 0.0458. The minimum absolute atomic E-state index is 0.0458. The van der Waals surface area contributed by atoms with Crippen molar-refractivity contribution in [3.63, 3.8) is 0 Å². The molecule has 4 nitrogen and oxygen atoms in total. The largest absolute Gasteiger partial charge is 0.330 e. The van der Waals surface area contributed by atoms with Gasteiger partial charge < -0.3 is 11.1 Å². The van der Waals surface area contributed by atoms with Gasteiger partial charge in [-0.05, 0) is 37.9 Å². The van der Waals surface area contributed by atoms with E-state index in [1.165, 1.54) is 0 Å². The quantitative estimate of drug-likeness (QED) is 0.720. The summed E-state index contributed by atoms with van der Waals surface area (Å²) >= 11 is 0. The summed E-state index contributed by atoms with van der Waals surface area (Å²) in [5.41, 5.74) is 7.19. The third kappa shape index (κ3) is 4.89. The van der Waals surface area contributed by atoms with Gasteiger partial charge in [0.2, 0.25) is 5.91 Å². The molecule has 88 valence electrons. The van der Waals surface area contributed by atoms with Crippen molar-refractivity contribution in [3.05, 3.63) is 24.0 Å². The maximum Gasteiger partial charge on any atom is 0.224 e. The summed E-state index contributed by atoms with van der Waals surface area (Å²) in [6.07, 6.45) is 6.85. The van der Waals surface area contributed by atoms with Gasteiger partial charge in [0.15, 0.2) is 0 Å². The summed E-state index contributed by atoms with van der Waals surface area (Å²) in [4.78, 5) is 15.5. The highest BCUT2D eigenvalue weighted by Crippen LogP contribution is 2.08. The zero-order chi connectivity index (χ0) is 11.8. The normalized spacial score (nSPS) is 10.1. The van der Waals surface area contributed by atoms with Crippen LogP contribution in [0, 0.1) is 6.92 Å². The molecule has 0 atom stereocenters. The molecule has 0 fully saturated rings. The van der Waals surface area contributed by atoms with Crippen LogP contribution in [-0.4, -0.2) is 17.4 Å². The van der Waals surface area contributed by atoms with E-state index in [0.29, 0.717) is 13.0 Å². The third-order valence-electron chi connectivity index (χ3n) is 2.27. The van der Waals surface area contributed by atoms with E-state index in [-0.39, 0.29) is 5.91 Å². The number of carbonyl (C=O) groups is 1. The van der Waals surface area contributed by atoms with Gasteiger partial charge in [0.25, 0.3) is 0 Å². The SMILES string of the molecule is Cc1cncc(NC(=O)CCCCCN)c1. The number of rotatable bonds is 6. The Kier molecular flexibility index (Phi) is 5.50. The highest BCUT2D eigenvalue weighted by Gasteiger charge is 2.02. The van der Waals surface area contributed by atoms with Gasteiger partial charge in [-0.25, -0.2) is 0 Å². The Hall–Kier alpha value is -1.42. The van der Waals surface area contributed by atoms with E-state index in [4.69, 9.17) is 5.73 Å². The van der Waals surface area contributed by atoms with Crippen molar-refractivity contribution in [1.29, 1.82) is 0 Å². The molecular formula is C12H19N3O. The molecule has 0 aliphatic heterocycles. The van der Waals surface area contributed by atoms with Crippen LogP contribution < -0.4 is 11.1 Å². The lowest BCUT2D eigenvalue weighted by Crippen LogP contribution is -2.11. The molecule has 0 aromatic carbocycles. The molecule has 0 saturated carbocycles. The van der Waals surface area contributed by atoms with Crippen LogP contribution in [0.4, 0.5) is 5.69 Å². The van der Waals surface area contributed by atoms with E-state index in [1.54, 1.807) is 12.4 Å². The summed E-state index contributed by atoms with van der Waals surface area (Å²) in [6.45, 7) is 2.65. The topological polar surface area (TPSA) is 68.0 Å². The van der Waals surface area contributed by atoms with Crippen LogP contribution in [0.3, 0.4) is 0 Å². The molecule has 1 aromatic rings. The number of aromatic nitrogens is 1. The van der Waals surface area contributed by atoms with Crippen LogP contribution in [0.1, 0.15) is 31.2 Å². The van der Waals surface area contributed by atoms with Crippen molar-refractivity contribution in [3.8, 4) is 0 Å². The first-order valence-corrected chi connectivity index (χ1v) is 5.64. The molecule has 1 aromatic heterocycles. The first-order valence-electron chi connectivity index (χ1n) is 5.64. The summed E-state index contributed by atoms with van der Waals surface area (Å²) in [5, 5.41) is 2.83. The Morgan fingerprint density at radius 2 is 2.19 bits per heavy atom. The predicted octanol–water partition coefficient (Wildman–Crippen LogP) is 1.85. The average molecular weight is 221 g/mol. The molecule has 0 saturated heterocycles. The van der Waals surface area contributed by atoms with Crippen LogP contribution in [0.25, 0.3) is 0 Å². The van der Waals surface area contributed by atoms with Gasteiger partial charge >= 0.3 is 0 Å². The Morgan fingerprint density at radius 1 is 1.38 bits per heavy atom. The zero-order valence-electron chi connectivity index (χ0n) is 9.70. The van der Waals surface area contributed by atoms with Crippen LogP contribution in [0.15, 0.2) is 18.5 Å². The van der Waals surface area contributed by atoms with E-state index in [9.17, 15) is 4.79 Å². The summed E-state index contributed by atoms with van der Waals surface area (Å²) in [6, 6.07) is 1.91. The van der Waals surface area contributed by atoms with E-state index in [0.717, 1.165) is 30.5 Å². The number of hydrogen-bond donors (Lipinski definition) is 2. The van der Waals surface area contributed by atoms with E-state index in [2.05, 4.69) is 10.3 Å². The summed E-state index contributed by atoms with van der Waals surface area (Å²) < 4.78 is 0. The number of carbonyl (C=O) groups excluding carboxylic acids is 1. The number of pyridine rings is 1. The molecule has 0 bridgehead atoms. The second kappa shape index (κ2) is 6.95. The number of nitrogens with one attached hydrogen (secondary N) is 1. The lowest BCUT2D eigenvalue weighted by Gasteiger charge is -2.05. The second-order valence-corrected chi connectivity index (χ2v) is 3.90. The van der Waals surface area contributed by atoms with Gasteiger partial charge in [-0.3, -0.25) is 9.78 Å². The molecule has 1 heterocycles. The molecule has 0 aliphatic carbocycles. The maximum atomic E-state index is 11.5. The van der Waals surface area contributed by atoms with Crippen LogP contribution in [0.2, 0.25) is 0 Å². The van der Waals surface area contributed by atoms with Crippen molar-refractivity contribution in [2.45, 2.75) is 32.6 Å². The van der Waals surface area contributed by atoms with Gasteiger partial charge in [-0.15, -0.1) is 0 Å². The fraction of sp³-hybridized carbons (Fsp3) is 0.500. The van der Waals surface area contributed by atoms with E-state index < -0.39 is 0 Å². The van der Waals surface area contributed by atoms with Gasteiger partial charge in [-0.2, -0.15) is 0 Å². The molecule has 4 heteroatoms. The maximum absolute atomic E-state index is 11.5. The number of amides is 1. The molecule has 0 spiro atoms. The third-order valence-corrected chi connectivity index (χ3v) is 2.27. The van der Waals surface area contributed by atoms with Crippen molar-refractivity contribution >= 4 is 11.6 Å². The van der Waals surface area contributed by atoms with Gasteiger partial charge in [0.05, 0.1) is 11.9 Å². The number of aryl methyl sites for hydroxylation is 1. The molecule has 0 radical (unpaired) electrons. The smallest absolute Gasteiger partial charge is 0.224 e. The fourth-order valence-electron chi connectivity index (χ4n) is 1.45. The number of anilines is 1. The number of hydrogen-bond acceptors (Lipinski definition) is 3. The first kappa shape index (κ1) is 12.6. The molecule has 1 amide bonds. The monoisotopic (exact) mass is 221 g/mol. The van der Waals surface area contributed by atoms with Gasteiger partial charge in [-0.1, -0.05) is 6.42 Å². The molecule has 16 heavy (non-hydrogen) atoms. The molecular weight excluding hydrogens is 202 g/mol. The molecule has 0 unspecified atom stereocenters. The zero-order valence-corrected chi connectivity index (χ0v) is 9.70. The van der Waals surface area contributed by atoms with Crippen molar-refractivity contribution in [1.82, 2.24) is 4.98 Å². The van der Waals surface area contributed by atoms with Crippen LogP contribution >= 0.6 is 0 Å². The average Bonchev–Trinajstić information content (AvgIpc) is 2.24. The van der Waals surface area contributed by atoms with Crippen molar-refractivity contribution in [2.75, 3.05) is 11.9 Å². The van der Waals surface area contributed by atoms with Crippen molar-refractivity contribution < 1.29 is 4.79 Å². The Bertz CT molecular complexity index is 339.